The Labute approximate surface area is 131 Å². The summed E-state index contributed by atoms with van der Waals surface area (Å²) in [5.74, 6) is 1.91. The third-order valence-electron chi connectivity index (χ3n) is 5.18. The number of hydrogen-bond acceptors (Lipinski definition) is 4. The summed E-state index contributed by atoms with van der Waals surface area (Å²) >= 11 is 0. The predicted octanol–water partition coefficient (Wildman–Crippen LogP) is 1.53. The van der Waals surface area contributed by atoms with Gasteiger partial charge in [0.1, 0.15) is 5.82 Å². The zero-order chi connectivity index (χ0) is 15.6. The third-order valence-corrected chi connectivity index (χ3v) is 5.18. The second-order valence-corrected chi connectivity index (χ2v) is 7.02. The quantitative estimate of drug-likeness (QED) is 0.886. The maximum atomic E-state index is 12.5. The Kier molecular flexibility index (Phi) is 4.47. The van der Waals surface area contributed by atoms with E-state index < -0.39 is 0 Å². The molecule has 1 aromatic heterocycles. The molecule has 122 valence electrons. The lowest BCUT2D eigenvalue weighted by atomic mass is 9.74. The maximum Gasteiger partial charge on any atom is 0.225 e. The molecule has 0 bridgehead atoms. The minimum Gasteiger partial charge on any atom is -0.348 e. The van der Waals surface area contributed by atoms with Gasteiger partial charge in [-0.3, -0.25) is 4.79 Å². The van der Waals surface area contributed by atoms with E-state index in [9.17, 15) is 4.79 Å². The van der Waals surface area contributed by atoms with Crippen LogP contribution in [0.3, 0.4) is 0 Å². The van der Waals surface area contributed by atoms with Crippen LogP contribution in [0.2, 0.25) is 0 Å². The molecule has 1 amide bonds. The summed E-state index contributed by atoms with van der Waals surface area (Å²) in [7, 11) is 0. The van der Waals surface area contributed by atoms with Crippen LogP contribution in [0.15, 0.2) is 0 Å². The average molecular weight is 305 g/mol. The third kappa shape index (κ3) is 3.16. The number of nitrogens with two attached hydrogens (primary N) is 1. The summed E-state index contributed by atoms with van der Waals surface area (Å²) in [5.41, 5.74) is 5.92. The zero-order valence-corrected chi connectivity index (χ0v) is 13.5. The van der Waals surface area contributed by atoms with E-state index in [2.05, 4.69) is 20.1 Å². The van der Waals surface area contributed by atoms with Gasteiger partial charge in [-0.25, -0.2) is 0 Å². The summed E-state index contributed by atoms with van der Waals surface area (Å²) in [5, 5.41) is 11.6. The van der Waals surface area contributed by atoms with Gasteiger partial charge < -0.3 is 15.6 Å². The molecular weight excluding hydrogens is 278 g/mol. The number of rotatable bonds is 3. The summed E-state index contributed by atoms with van der Waals surface area (Å²) in [4.78, 5) is 12.5. The number of aromatic nitrogens is 3. The average Bonchev–Trinajstić information content (AvgIpc) is 2.71. The number of aryl methyl sites for hydroxylation is 1. The van der Waals surface area contributed by atoms with Crippen molar-refractivity contribution in [3.05, 3.63) is 11.6 Å². The predicted molar refractivity (Wildman–Crippen MR) is 84.0 cm³/mol. The first-order valence-electron chi connectivity index (χ1n) is 8.55. The van der Waals surface area contributed by atoms with Gasteiger partial charge in [-0.2, -0.15) is 0 Å². The number of nitrogens with zero attached hydrogens (tertiary/aromatic N) is 3. The number of hydrogen-bond donors (Lipinski definition) is 2. The molecule has 1 aliphatic carbocycles. The van der Waals surface area contributed by atoms with E-state index in [1.807, 2.05) is 6.92 Å². The van der Waals surface area contributed by atoms with Crippen LogP contribution in [0.25, 0.3) is 0 Å². The van der Waals surface area contributed by atoms with Crippen LogP contribution in [-0.4, -0.2) is 26.2 Å². The first kappa shape index (κ1) is 15.5. The molecule has 3 rings (SSSR count). The topological polar surface area (TPSA) is 85.8 Å². The molecule has 6 nitrogen and oxygen atoms in total. The van der Waals surface area contributed by atoms with Gasteiger partial charge in [-0.1, -0.05) is 19.3 Å². The highest BCUT2D eigenvalue weighted by molar-refractivity contribution is 5.80. The number of carbonyl (C=O) groups excluding carboxylic acids is 1. The minimum atomic E-state index is -0.385. The standard InChI is InChI=1S/C16H27N5O/c1-16(17)9-5-4-7-12(16)15(22)18-11-14-20-19-13-8-3-2-6-10-21(13)14/h12H,2-11,17H2,1H3,(H,18,22). The van der Waals surface area contributed by atoms with Crippen LogP contribution in [0, 0.1) is 5.92 Å². The van der Waals surface area contributed by atoms with Gasteiger partial charge in [0.15, 0.2) is 5.82 Å². The first-order chi connectivity index (χ1) is 10.6. The molecular formula is C16H27N5O. The van der Waals surface area contributed by atoms with E-state index in [1.165, 1.54) is 12.8 Å². The molecule has 0 saturated heterocycles. The van der Waals surface area contributed by atoms with Crippen LogP contribution >= 0.6 is 0 Å². The van der Waals surface area contributed by atoms with Crippen molar-refractivity contribution in [1.29, 1.82) is 0 Å². The highest BCUT2D eigenvalue weighted by Gasteiger charge is 2.37. The summed E-state index contributed by atoms with van der Waals surface area (Å²) in [6, 6.07) is 0. The van der Waals surface area contributed by atoms with Crippen molar-refractivity contribution < 1.29 is 4.79 Å². The monoisotopic (exact) mass is 305 g/mol. The van der Waals surface area contributed by atoms with Crippen LogP contribution in [0.4, 0.5) is 0 Å². The summed E-state index contributed by atoms with van der Waals surface area (Å²) < 4.78 is 2.18. The Morgan fingerprint density at radius 3 is 3.00 bits per heavy atom. The molecule has 0 spiro atoms. The molecule has 1 fully saturated rings. The molecule has 1 saturated carbocycles. The first-order valence-corrected chi connectivity index (χ1v) is 8.55. The lowest BCUT2D eigenvalue weighted by Crippen LogP contribution is -2.52. The lowest BCUT2D eigenvalue weighted by Gasteiger charge is -2.37. The van der Waals surface area contributed by atoms with Crippen LogP contribution in [0.5, 0.6) is 0 Å². The van der Waals surface area contributed by atoms with Gasteiger partial charge >= 0.3 is 0 Å². The number of carbonyl (C=O) groups is 1. The lowest BCUT2D eigenvalue weighted by molar-refractivity contribution is -0.128. The molecule has 1 aliphatic heterocycles. The van der Waals surface area contributed by atoms with Crippen LogP contribution < -0.4 is 11.1 Å². The van der Waals surface area contributed by atoms with Gasteiger partial charge in [0, 0.05) is 18.5 Å². The molecule has 2 heterocycles. The van der Waals surface area contributed by atoms with Crippen molar-refractivity contribution in [3.8, 4) is 0 Å². The Bertz CT molecular complexity index is 537. The van der Waals surface area contributed by atoms with Crippen LogP contribution in [-0.2, 0) is 24.3 Å². The van der Waals surface area contributed by atoms with Crippen molar-refractivity contribution in [1.82, 2.24) is 20.1 Å². The highest BCUT2D eigenvalue weighted by atomic mass is 16.1. The molecule has 0 aromatic carbocycles. The Hall–Kier alpha value is -1.43. The van der Waals surface area contributed by atoms with Gasteiger partial charge in [0.2, 0.25) is 5.91 Å². The van der Waals surface area contributed by atoms with Crippen molar-refractivity contribution in [2.45, 2.75) is 76.9 Å². The normalized spacial score (nSPS) is 28.7. The molecule has 3 N–H and O–H groups in total. The second kappa shape index (κ2) is 6.36. The van der Waals surface area contributed by atoms with Crippen molar-refractivity contribution in [3.63, 3.8) is 0 Å². The second-order valence-electron chi connectivity index (χ2n) is 7.02. The van der Waals surface area contributed by atoms with Gasteiger partial charge in [0.05, 0.1) is 12.5 Å². The van der Waals surface area contributed by atoms with E-state index in [0.717, 1.165) is 56.7 Å². The number of nitrogens with one attached hydrogen (secondary N) is 1. The zero-order valence-electron chi connectivity index (χ0n) is 13.5. The molecule has 2 atom stereocenters. The fourth-order valence-electron chi connectivity index (χ4n) is 3.75. The Balaban J connectivity index is 1.63. The number of amides is 1. The Morgan fingerprint density at radius 1 is 1.32 bits per heavy atom. The Morgan fingerprint density at radius 2 is 2.18 bits per heavy atom. The van der Waals surface area contributed by atoms with Gasteiger partial charge in [-0.05, 0) is 32.6 Å². The van der Waals surface area contributed by atoms with Crippen LogP contribution in [0.1, 0.15) is 63.5 Å². The molecule has 2 unspecified atom stereocenters. The SMILES string of the molecule is CC1(N)CCCCC1C(=O)NCc1nnc2n1CCCCC2. The number of fused-ring (bicyclic) bond motifs is 1. The van der Waals surface area contributed by atoms with Gasteiger partial charge in [-0.15, -0.1) is 10.2 Å². The van der Waals surface area contributed by atoms with E-state index in [4.69, 9.17) is 5.73 Å². The summed E-state index contributed by atoms with van der Waals surface area (Å²) in [6.45, 7) is 3.42. The highest BCUT2D eigenvalue weighted by Crippen LogP contribution is 2.31. The van der Waals surface area contributed by atoms with E-state index >= 15 is 0 Å². The molecule has 1 aromatic rings. The van der Waals surface area contributed by atoms with Crippen molar-refractivity contribution in [2.24, 2.45) is 11.7 Å². The van der Waals surface area contributed by atoms with E-state index in [-0.39, 0.29) is 17.4 Å². The smallest absolute Gasteiger partial charge is 0.225 e. The van der Waals surface area contributed by atoms with E-state index in [0.29, 0.717) is 6.54 Å². The largest absolute Gasteiger partial charge is 0.348 e. The maximum absolute atomic E-state index is 12.5. The van der Waals surface area contributed by atoms with Crippen molar-refractivity contribution in [2.75, 3.05) is 0 Å². The van der Waals surface area contributed by atoms with E-state index in [1.54, 1.807) is 0 Å². The fraction of sp³-hybridized carbons (Fsp3) is 0.812. The molecule has 6 heteroatoms. The molecule has 2 aliphatic rings. The molecule has 0 radical (unpaired) electrons. The molecule has 22 heavy (non-hydrogen) atoms. The van der Waals surface area contributed by atoms with Gasteiger partial charge in [0.25, 0.3) is 0 Å². The summed E-state index contributed by atoms with van der Waals surface area (Å²) in [6.07, 6.45) is 8.59. The minimum absolute atomic E-state index is 0.0654. The fourth-order valence-corrected chi connectivity index (χ4v) is 3.75. The van der Waals surface area contributed by atoms with Crippen molar-refractivity contribution >= 4 is 5.91 Å².